The fraction of sp³-hybridized carbons (Fsp3) is 0.712. The fourth-order valence-corrected chi connectivity index (χ4v) is 12.0. The maximum atomic E-state index is 15.9. The number of aromatic nitrogens is 1. The number of nitrogens with zero attached hydrogens (tertiary/aromatic N) is 5. The number of unbranched alkanes of at least 4 members (excludes halogenated alkanes) is 17. The SMILES string of the molecule is CCCCCCCCCCCCCCCCCCCCOc1cc(F)c(S(=O)(=O)c2cnc3ccc(OC)cc3c2N2CCC(N3CCN(C4CCN(CC)CC4)CC3)CC2)c(F)c1. The van der Waals surface area contributed by atoms with Gasteiger partial charge in [0.15, 0.2) is 0 Å². The second-order valence-corrected chi connectivity index (χ2v) is 20.7. The molecule has 12 heteroatoms. The number of piperazine rings is 1. The van der Waals surface area contributed by atoms with Gasteiger partial charge in [0.1, 0.15) is 32.9 Å². The molecule has 3 saturated heterocycles. The van der Waals surface area contributed by atoms with Crippen LogP contribution in [0.1, 0.15) is 155 Å². The Labute approximate surface area is 385 Å². The molecule has 3 fully saturated rings. The number of benzene rings is 2. The first kappa shape index (κ1) is 50.4. The van der Waals surface area contributed by atoms with Crippen molar-refractivity contribution >= 4 is 26.4 Å². The number of ether oxygens (including phenoxy) is 2. The summed E-state index contributed by atoms with van der Waals surface area (Å²) in [4.78, 5) is 13.2. The van der Waals surface area contributed by atoms with Crippen LogP contribution in [-0.2, 0) is 9.84 Å². The van der Waals surface area contributed by atoms with Crippen molar-refractivity contribution < 1.29 is 26.7 Å². The maximum Gasteiger partial charge on any atom is 0.216 e. The van der Waals surface area contributed by atoms with Gasteiger partial charge in [-0.15, -0.1) is 0 Å². The molecule has 0 radical (unpaired) electrons. The van der Waals surface area contributed by atoms with Crippen molar-refractivity contribution in [2.45, 2.75) is 177 Å². The lowest BCUT2D eigenvalue weighted by atomic mass is 9.99. The van der Waals surface area contributed by atoms with Crippen LogP contribution in [0.15, 0.2) is 46.3 Å². The van der Waals surface area contributed by atoms with E-state index in [0.717, 1.165) is 77.0 Å². The molecular formula is C52H81F2N5O4S. The minimum atomic E-state index is -4.69. The van der Waals surface area contributed by atoms with Crippen molar-refractivity contribution in [3.63, 3.8) is 0 Å². The number of sulfone groups is 1. The predicted molar refractivity (Wildman–Crippen MR) is 258 cm³/mol. The van der Waals surface area contributed by atoms with Crippen molar-refractivity contribution in [2.75, 3.05) is 77.5 Å². The summed E-state index contributed by atoms with van der Waals surface area (Å²) < 4.78 is 72.1. The minimum absolute atomic E-state index is 0.00713. The molecule has 1 aromatic heterocycles. The average Bonchev–Trinajstić information content (AvgIpc) is 3.31. The van der Waals surface area contributed by atoms with Crippen molar-refractivity contribution in [2.24, 2.45) is 0 Å². The van der Waals surface area contributed by atoms with Gasteiger partial charge < -0.3 is 19.3 Å². The first-order chi connectivity index (χ1) is 31.2. The summed E-state index contributed by atoms with van der Waals surface area (Å²) in [6, 6.07) is 8.41. The number of fused-ring (bicyclic) bond motifs is 1. The van der Waals surface area contributed by atoms with Gasteiger partial charge in [-0.25, -0.2) is 17.2 Å². The molecule has 0 saturated carbocycles. The second-order valence-electron chi connectivity index (χ2n) is 18.9. The van der Waals surface area contributed by atoms with Gasteiger partial charge in [-0.05, 0) is 69.9 Å². The van der Waals surface area contributed by atoms with Gasteiger partial charge in [0.25, 0.3) is 0 Å². The molecule has 0 N–H and O–H groups in total. The first-order valence-corrected chi connectivity index (χ1v) is 27.0. The van der Waals surface area contributed by atoms with Crippen LogP contribution in [0, 0.1) is 11.6 Å². The van der Waals surface area contributed by atoms with E-state index in [-0.39, 0.29) is 10.6 Å². The third kappa shape index (κ3) is 14.2. The van der Waals surface area contributed by atoms with Crippen LogP contribution in [0.2, 0.25) is 0 Å². The third-order valence-electron chi connectivity index (χ3n) is 14.5. The Bertz CT molecular complexity index is 1920. The van der Waals surface area contributed by atoms with E-state index in [9.17, 15) is 8.42 Å². The number of pyridine rings is 1. The quantitative estimate of drug-likeness (QED) is 0.0695. The summed E-state index contributed by atoms with van der Waals surface area (Å²) >= 11 is 0. The molecule has 0 bridgehead atoms. The standard InChI is InChI=1S/C52H81F2N5O4S/c1-4-6-7-8-9-10-11-12-13-14-15-16-17-18-19-20-21-22-37-63-45-39-47(53)52(48(54)40-45)64(60,61)50-41-55-49-24-23-44(62-3)38-46(49)51(50)59-31-27-43(28-32-59)58-35-33-57(34-36-58)42-25-29-56(5-2)30-26-42/h23-24,38-43H,4-22,25-37H2,1-3H3. The first-order valence-electron chi connectivity index (χ1n) is 25.5. The Hall–Kier alpha value is -3.06. The molecule has 0 spiro atoms. The summed E-state index contributed by atoms with van der Waals surface area (Å²) in [5.74, 6) is -1.80. The van der Waals surface area contributed by atoms with Crippen molar-refractivity contribution in [1.29, 1.82) is 0 Å². The number of halogens is 2. The zero-order valence-electron chi connectivity index (χ0n) is 39.8. The highest BCUT2D eigenvalue weighted by Gasteiger charge is 2.36. The van der Waals surface area contributed by atoms with E-state index in [1.54, 1.807) is 25.3 Å². The predicted octanol–water partition coefficient (Wildman–Crippen LogP) is 11.8. The Morgan fingerprint density at radius 2 is 1.11 bits per heavy atom. The summed E-state index contributed by atoms with van der Waals surface area (Å²) in [5, 5.41) is 0.576. The van der Waals surface area contributed by atoms with Crippen molar-refractivity contribution in [1.82, 2.24) is 19.7 Å². The molecule has 358 valence electrons. The van der Waals surface area contributed by atoms with E-state index < -0.39 is 26.4 Å². The Kier molecular flexibility index (Phi) is 20.7. The number of rotatable bonds is 27. The smallest absolute Gasteiger partial charge is 0.216 e. The number of likely N-dealkylation sites (tertiary alicyclic amines) is 1. The van der Waals surface area contributed by atoms with E-state index in [2.05, 4.69) is 38.4 Å². The van der Waals surface area contributed by atoms with Crippen LogP contribution >= 0.6 is 0 Å². The number of piperidine rings is 2. The van der Waals surface area contributed by atoms with Crippen molar-refractivity contribution in [3.05, 3.63) is 48.2 Å². The molecule has 2 aromatic carbocycles. The van der Waals surface area contributed by atoms with Crippen LogP contribution in [0.3, 0.4) is 0 Å². The fourth-order valence-electron chi connectivity index (χ4n) is 10.5. The van der Waals surface area contributed by atoms with Gasteiger partial charge in [-0.1, -0.05) is 123 Å². The molecule has 0 atom stereocenters. The van der Waals surface area contributed by atoms with Crippen LogP contribution in [-0.4, -0.2) is 113 Å². The van der Waals surface area contributed by atoms with Crippen LogP contribution in [0.4, 0.5) is 14.5 Å². The highest BCUT2D eigenvalue weighted by atomic mass is 32.2. The van der Waals surface area contributed by atoms with Gasteiger partial charge in [0, 0.05) is 75.1 Å². The van der Waals surface area contributed by atoms with Crippen molar-refractivity contribution in [3.8, 4) is 11.5 Å². The van der Waals surface area contributed by atoms with E-state index in [4.69, 9.17) is 9.47 Å². The van der Waals surface area contributed by atoms with Gasteiger partial charge in [-0.3, -0.25) is 14.8 Å². The lowest BCUT2D eigenvalue weighted by Gasteiger charge is -2.46. The molecule has 6 rings (SSSR count). The van der Waals surface area contributed by atoms with Gasteiger partial charge >= 0.3 is 0 Å². The Balaban J connectivity index is 0.975. The molecule has 64 heavy (non-hydrogen) atoms. The highest BCUT2D eigenvalue weighted by molar-refractivity contribution is 7.91. The van der Waals surface area contributed by atoms with Crippen LogP contribution in [0.25, 0.3) is 10.9 Å². The lowest BCUT2D eigenvalue weighted by Crippen LogP contribution is -2.56. The number of hydrogen-bond donors (Lipinski definition) is 0. The molecule has 0 aliphatic carbocycles. The molecule has 9 nitrogen and oxygen atoms in total. The molecule has 0 amide bonds. The van der Waals surface area contributed by atoms with E-state index in [0.29, 0.717) is 54.1 Å². The number of methoxy groups -OCH3 is 1. The second kappa shape index (κ2) is 26.3. The monoisotopic (exact) mass is 910 g/mol. The van der Waals surface area contributed by atoms with Crippen LogP contribution < -0.4 is 14.4 Å². The van der Waals surface area contributed by atoms with E-state index in [1.165, 1.54) is 128 Å². The molecule has 3 aromatic rings. The largest absolute Gasteiger partial charge is 0.497 e. The average molecular weight is 910 g/mol. The third-order valence-corrected chi connectivity index (χ3v) is 16.3. The molecule has 3 aliphatic heterocycles. The normalized spacial score (nSPS) is 17.7. The van der Waals surface area contributed by atoms with Gasteiger partial charge in [-0.2, -0.15) is 0 Å². The lowest BCUT2D eigenvalue weighted by molar-refractivity contribution is 0.0384. The minimum Gasteiger partial charge on any atom is -0.497 e. The van der Waals surface area contributed by atoms with E-state index >= 15 is 8.78 Å². The van der Waals surface area contributed by atoms with E-state index in [1.807, 2.05) is 0 Å². The summed E-state index contributed by atoms with van der Waals surface area (Å²) in [6.45, 7) is 13.8. The Morgan fingerprint density at radius 1 is 0.625 bits per heavy atom. The molecule has 4 heterocycles. The Morgan fingerprint density at radius 3 is 1.59 bits per heavy atom. The molecule has 3 aliphatic rings. The maximum absolute atomic E-state index is 15.9. The zero-order chi connectivity index (χ0) is 45.2. The highest BCUT2D eigenvalue weighted by Crippen LogP contribution is 2.40. The summed E-state index contributed by atoms with van der Waals surface area (Å²) in [7, 11) is -3.13. The van der Waals surface area contributed by atoms with Gasteiger partial charge in [0.2, 0.25) is 9.84 Å². The molecule has 0 unspecified atom stereocenters. The zero-order valence-corrected chi connectivity index (χ0v) is 40.6. The topological polar surface area (TPSA) is 78.4 Å². The summed E-state index contributed by atoms with van der Waals surface area (Å²) in [5.41, 5.74) is 1.00. The number of anilines is 1. The van der Waals surface area contributed by atoms with Crippen LogP contribution in [0.5, 0.6) is 11.5 Å². The summed E-state index contributed by atoms with van der Waals surface area (Å²) in [6.07, 6.45) is 28.5. The van der Waals surface area contributed by atoms with Gasteiger partial charge in [0.05, 0.1) is 24.9 Å². The molecular weight excluding hydrogens is 829 g/mol. The number of hydrogen-bond acceptors (Lipinski definition) is 9.